The average Bonchev–Trinajstić information content (AvgIpc) is 2.84. The first kappa shape index (κ1) is 14.6. The zero-order valence-corrected chi connectivity index (χ0v) is 11.1. The second kappa shape index (κ2) is 6.12. The van der Waals surface area contributed by atoms with Gasteiger partial charge in [0, 0.05) is 19.3 Å². The first-order valence-corrected chi connectivity index (χ1v) is 5.98. The second-order valence-corrected chi connectivity index (χ2v) is 4.21. The molecule has 0 aliphatic carbocycles. The molecule has 2 N–H and O–H groups in total. The zero-order chi connectivity index (χ0) is 15.4. The van der Waals surface area contributed by atoms with Gasteiger partial charge in [0.25, 0.3) is 0 Å². The minimum atomic E-state index is -1.04. The molecule has 0 aliphatic rings. The fourth-order valence-electron chi connectivity index (χ4n) is 1.60. The van der Waals surface area contributed by atoms with Crippen LogP contribution in [0.15, 0.2) is 30.5 Å². The maximum Gasteiger partial charge on any atom is 0.313 e. The maximum absolute atomic E-state index is 13.3. The average molecular weight is 294 g/mol. The lowest BCUT2D eigenvalue weighted by molar-refractivity contribution is -0.136. The number of hydrogen-bond donors (Lipinski definition) is 2. The number of carbonyl (C=O) groups is 2. The Hall–Kier alpha value is -2.77. The molecule has 2 rings (SSSR count). The van der Waals surface area contributed by atoms with E-state index in [9.17, 15) is 18.4 Å². The van der Waals surface area contributed by atoms with E-state index in [0.717, 1.165) is 12.1 Å². The monoisotopic (exact) mass is 294 g/mol. The van der Waals surface area contributed by atoms with Crippen molar-refractivity contribution < 1.29 is 18.4 Å². The van der Waals surface area contributed by atoms with Gasteiger partial charge in [-0.2, -0.15) is 5.10 Å². The van der Waals surface area contributed by atoms with E-state index >= 15 is 0 Å². The van der Waals surface area contributed by atoms with E-state index in [-0.39, 0.29) is 12.2 Å². The number of halogens is 2. The van der Waals surface area contributed by atoms with Gasteiger partial charge in [0.05, 0.1) is 17.9 Å². The largest absolute Gasteiger partial charge is 0.342 e. The van der Waals surface area contributed by atoms with Crippen LogP contribution in [-0.4, -0.2) is 21.6 Å². The number of carbonyl (C=O) groups excluding carboxylic acids is 2. The van der Waals surface area contributed by atoms with Gasteiger partial charge in [-0.1, -0.05) is 0 Å². The van der Waals surface area contributed by atoms with Crippen LogP contribution in [0.1, 0.15) is 5.69 Å². The van der Waals surface area contributed by atoms with E-state index < -0.39 is 23.4 Å². The fraction of sp³-hybridized carbons (Fsp3) is 0.154. The van der Waals surface area contributed by atoms with Gasteiger partial charge in [0.2, 0.25) is 0 Å². The van der Waals surface area contributed by atoms with E-state index in [1.807, 2.05) is 0 Å². The fourth-order valence-corrected chi connectivity index (χ4v) is 1.60. The van der Waals surface area contributed by atoms with E-state index in [1.165, 1.54) is 4.68 Å². The van der Waals surface area contributed by atoms with Crippen molar-refractivity contribution >= 4 is 17.5 Å². The normalized spacial score (nSPS) is 10.2. The van der Waals surface area contributed by atoms with Crippen molar-refractivity contribution in [1.29, 1.82) is 0 Å². The Bertz CT molecular complexity index is 685. The molecule has 2 aromatic rings. The third-order valence-electron chi connectivity index (χ3n) is 2.74. The maximum atomic E-state index is 13.3. The molecule has 0 aliphatic heterocycles. The molecule has 2 amide bonds. The van der Waals surface area contributed by atoms with E-state index in [2.05, 4.69) is 15.7 Å². The van der Waals surface area contributed by atoms with Gasteiger partial charge in [-0.25, -0.2) is 8.78 Å². The van der Waals surface area contributed by atoms with Crippen LogP contribution in [0.5, 0.6) is 0 Å². The summed E-state index contributed by atoms with van der Waals surface area (Å²) >= 11 is 0. The molecule has 6 nitrogen and oxygen atoms in total. The van der Waals surface area contributed by atoms with Crippen LogP contribution in [0.25, 0.3) is 0 Å². The van der Waals surface area contributed by atoms with Crippen molar-refractivity contribution in [3.05, 3.63) is 47.8 Å². The summed E-state index contributed by atoms with van der Waals surface area (Å²) in [6.07, 6.45) is 1.55. The van der Waals surface area contributed by atoms with Crippen LogP contribution in [0.4, 0.5) is 14.5 Å². The summed E-state index contributed by atoms with van der Waals surface area (Å²) in [5, 5.41) is 8.34. The van der Waals surface area contributed by atoms with Crippen molar-refractivity contribution in [2.45, 2.75) is 6.54 Å². The first-order chi connectivity index (χ1) is 9.97. The molecule has 0 atom stereocenters. The van der Waals surface area contributed by atoms with Crippen molar-refractivity contribution in [2.24, 2.45) is 7.05 Å². The summed E-state index contributed by atoms with van der Waals surface area (Å²) in [5.41, 5.74) is 0.432. The Morgan fingerprint density at radius 3 is 2.62 bits per heavy atom. The molecule has 21 heavy (non-hydrogen) atoms. The molecule has 0 spiro atoms. The summed E-state index contributed by atoms with van der Waals surface area (Å²) in [6.45, 7) is 0.106. The molecule has 0 fully saturated rings. The third-order valence-corrected chi connectivity index (χ3v) is 2.74. The van der Waals surface area contributed by atoms with E-state index in [0.29, 0.717) is 11.8 Å². The Balaban J connectivity index is 1.93. The molecule has 0 saturated heterocycles. The number of nitrogens with one attached hydrogen (secondary N) is 2. The molecule has 0 unspecified atom stereocenters. The number of amides is 2. The summed E-state index contributed by atoms with van der Waals surface area (Å²) in [6, 6.07) is 4.31. The van der Waals surface area contributed by atoms with Gasteiger partial charge in [0.15, 0.2) is 0 Å². The standard InChI is InChI=1S/C13H12F2N4O2/c1-19-9(4-5-17-19)7-16-12(20)13(21)18-11-3-2-8(14)6-10(11)15/h2-6H,7H2,1H3,(H,16,20)(H,18,21). The van der Waals surface area contributed by atoms with Crippen LogP contribution in [0.2, 0.25) is 0 Å². The number of rotatable bonds is 3. The minimum absolute atomic E-state index is 0.106. The van der Waals surface area contributed by atoms with E-state index in [1.54, 1.807) is 19.3 Å². The molecule has 1 aromatic carbocycles. The molecule has 0 radical (unpaired) electrons. The molecular formula is C13H12F2N4O2. The van der Waals surface area contributed by atoms with Crippen molar-refractivity contribution in [1.82, 2.24) is 15.1 Å². The zero-order valence-electron chi connectivity index (χ0n) is 11.1. The minimum Gasteiger partial charge on any atom is -0.342 e. The van der Waals surface area contributed by atoms with Gasteiger partial charge in [-0.3, -0.25) is 14.3 Å². The molecule has 8 heteroatoms. The number of aryl methyl sites for hydroxylation is 1. The van der Waals surface area contributed by atoms with Crippen LogP contribution in [0, 0.1) is 11.6 Å². The number of aromatic nitrogens is 2. The lowest BCUT2D eigenvalue weighted by Crippen LogP contribution is -2.35. The van der Waals surface area contributed by atoms with Crippen LogP contribution in [0.3, 0.4) is 0 Å². The summed E-state index contributed by atoms with van der Waals surface area (Å²) in [7, 11) is 1.69. The lowest BCUT2D eigenvalue weighted by atomic mass is 10.3. The van der Waals surface area contributed by atoms with Gasteiger partial charge >= 0.3 is 11.8 Å². The molecule has 110 valence electrons. The Kier molecular flexibility index (Phi) is 4.27. The van der Waals surface area contributed by atoms with Crippen LogP contribution in [-0.2, 0) is 23.2 Å². The number of anilines is 1. The van der Waals surface area contributed by atoms with Gasteiger partial charge < -0.3 is 10.6 Å². The van der Waals surface area contributed by atoms with Crippen molar-refractivity contribution in [3.63, 3.8) is 0 Å². The predicted octanol–water partition coefficient (Wildman–Crippen LogP) is 0.953. The Morgan fingerprint density at radius 2 is 2.00 bits per heavy atom. The number of benzene rings is 1. The summed E-state index contributed by atoms with van der Waals surface area (Å²) in [4.78, 5) is 23.2. The second-order valence-electron chi connectivity index (χ2n) is 4.21. The third kappa shape index (κ3) is 3.62. The summed E-state index contributed by atoms with van der Waals surface area (Å²) in [5.74, 6) is -3.70. The molecule has 1 heterocycles. The molecule has 0 bridgehead atoms. The van der Waals surface area contributed by atoms with E-state index in [4.69, 9.17) is 0 Å². The number of nitrogens with zero attached hydrogens (tertiary/aromatic N) is 2. The highest BCUT2D eigenvalue weighted by atomic mass is 19.1. The Morgan fingerprint density at radius 1 is 1.24 bits per heavy atom. The quantitative estimate of drug-likeness (QED) is 0.828. The Labute approximate surface area is 118 Å². The van der Waals surface area contributed by atoms with Gasteiger partial charge in [0.1, 0.15) is 11.6 Å². The first-order valence-electron chi connectivity index (χ1n) is 5.98. The molecular weight excluding hydrogens is 282 g/mol. The highest BCUT2D eigenvalue weighted by molar-refractivity contribution is 6.39. The predicted molar refractivity (Wildman–Crippen MR) is 70.0 cm³/mol. The number of hydrogen-bond acceptors (Lipinski definition) is 3. The lowest BCUT2D eigenvalue weighted by Gasteiger charge is -2.07. The van der Waals surface area contributed by atoms with Crippen molar-refractivity contribution in [2.75, 3.05) is 5.32 Å². The van der Waals surface area contributed by atoms with Crippen LogP contribution < -0.4 is 10.6 Å². The highest BCUT2D eigenvalue weighted by Crippen LogP contribution is 2.14. The van der Waals surface area contributed by atoms with Gasteiger partial charge in [-0.15, -0.1) is 0 Å². The van der Waals surface area contributed by atoms with Crippen LogP contribution >= 0.6 is 0 Å². The summed E-state index contributed by atoms with van der Waals surface area (Å²) < 4.78 is 27.6. The topological polar surface area (TPSA) is 76.0 Å². The SMILES string of the molecule is Cn1nccc1CNC(=O)C(=O)Nc1ccc(F)cc1F. The smallest absolute Gasteiger partial charge is 0.313 e. The van der Waals surface area contributed by atoms with Crippen molar-refractivity contribution in [3.8, 4) is 0 Å². The molecule has 0 saturated carbocycles. The highest BCUT2D eigenvalue weighted by Gasteiger charge is 2.16. The molecule has 1 aromatic heterocycles. The van der Waals surface area contributed by atoms with Gasteiger partial charge in [-0.05, 0) is 18.2 Å².